The Kier molecular flexibility index (Phi) is 4.25. The summed E-state index contributed by atoms with van der Waals surface area (Å²) in [5, 5.41) is 5.42. The summed E-state index contributed by atoms with van der Waals surface area (Å²) in [4.78, 5) is 21.0. The minimum Gasteiger partial charge on any atom is -0.308 e. The molecule has 0 saturated heterocycles. The number of carbonyl (C=O) groups is 1. The van der Waals surface area contributed by atoms with Gasteiger partial charge in [-0.2, -0.15) is 0 Å². The second-order valence-corrected chi connectivity index (χ2v) is 6.07. The first-order chi connectivity index (χ1) is 13.1. The lowest BCUT2D eigenvalue weighted by Crippen LogP contribution is -2.20. The maximum Gasteiger partial charge on any atom is 0.323 e. The molecule has 0 fully saturated rings. The lowest BCUT2D eigenvalue weighted by atomic mass is 10.1. The molecule has 6 nitrogen and oxygen atoms in total. The molecule has 0 aliphatic carbocycles. The van der Waals surface area contributed by atoms with Crippen molar-refractivity contribution in [3.05, 3.63) is 78.5 Å². The van der Waals surface area contributed by atoms with E-state index in [2.05, 4.69) is 20.6 Å². The van der Waals surface area contributed by atoms with Crippen LogP contribution >= 0.6 is 0 Å². The van der Waals surface area contributed by atoms with Gasteiger partial charge in [-0.05, 0) is 42.8 Å². The fourth-order valence-electron chi connectivity index (χ4n) is 2.74. The lowest BCUT2D eigenvalue weighted by Gasteiger charge is -2.11. The molecule has 2 aromatic heterocycles. The van der Waals surface area contributed by atoms with Crippen molar-refractivity contribution in [2.75, 3.05) is 10.6 Å². The lowest BCUT2D eigenvalue weighted by molar-refractivity contribution is 0.262. The highest BCUT2D eigenvalue weighted by Gasteiger charge is 2.10. The van der Waals surface area contributed by atoms with E-state index < -0.39 is 11.8 Å². The Morgan fingerprint density at radius 2 is 2.00 bits per heavy atom. The van der Waals surface area contributed by atoms with Crippen molar-refractivity contribution in [3.63, 3.8) is 0 Å². The summed E-state index contributed by atoms with van der Waals surface area (Å²) in [5.74, 6) is 0.192. The Balaban J connectivity index is 1.57. The highest BCUT2D eigenvalue weighted by Crippen LogP contribution is 2.25. The van der Waals surface area contributed by atoms with Crippen LogP contribution in [0.25, 0.3) is 17.0 Å². The topological polar surface area (TPSA) is 71.3 Å². The number of rotatable bonds is 3. The molecule has 0 radical (unpaired) electrons. The zero-order chi connectivity index (χ0) is 18.8. The van der Waals surface area contributed by atoms with E-state index >= 15 is 0 Å². The molecule has 2 aromatic carbocycles. The number of benzene rings is 2. The van der Waals surface area contributed by atoms with E-state index in [0.29, 0.717) is 17.2 Å². The Bertz CT molecular complexity index is 1110. The molecule has 2 N–H and O–H groups in total. The SMILES string of the molecule is Cc1ccc(-c2cn3cccnc3n2)cc1NC(=O)Nc1cccc(F)c1. The molecule has 0 aliphatic rings. The number of carbonyl (C=O) groups excluding carboxylic acids is 1. The third-order valence-corrected chi connectivity index (χ3v) is 4.10. The number of nitrogens with one attached hydrogen (secondary N) is 2. The number of hydrogen-bond acceptors (Lipinski definition) is 3. The molecule has 0 bridgehead atoms. The normalized spacial score (nSPS) is 10.7. The van der Waals surface area contributed by atoms with Gasteiger partial charge in [-0.1, -0.05) is 18.2 Å². The number of fused-ring (bicyclic) bond motifs is 1. The largest absolute Gasteiger partial charge is 0.323 e. The summed E-state index contributed by atoms with van der Waals surface area (Å²) < 4.78 is 15.1. The van der Waals surface area contributed by atoms with Gasteiger partial charge in [0.1, 0.15) is 5.82 Å². The van der Waals surface area contributed by atoms with E-state index in [1.54, 1.807) is 12.3 Å². The molecule has 0 saturated carbocycles. The minimum absolute atomic E-state index is 0.382. The molecule has 0 unspecified atom stereocenters. The molecule has 134 valence electrons. The van der Waals surface area contributed by atoms with E-state index in [1.165, 1.54) is 18.2 Å². The summed E-state index contributed by atoms with van der Waals surface area (Å²) in [6.45, 7) is 1.90. The number of imidazole rings is 1. The number of anilines is 2. The van der Waals surface area contributed by atoms with Gasteiger partial charge in [-0.25, -0.2) is 19.2 Å². The van der Waals surface area contributed by atoms with Crippen molar-refractivity contribution in [1.29, 1.82) is 0 Å². The van der Waals surface area contributed by atoms with Gasteiger partial charge in [0.05, 0.1) is 5.69 Å². The highest BCUT2D eigenvalue weighted by atomic mass is 19.1. The van der Waals surface area contributed by atoms with Gasteiger partial charge < -0.3 is 10.6 Å². The number of urea groups is 1. The van der Waals surface area contributed by atoms with Crippen LogP contribution in [0.3, 0.4) is 0 Å². The summed E-state index contributed by atoms with van der Waals surface area (Å²) in [6.07, 6.45) is 5.44. The molecule has 0 spiro atoms. The second-order valence-electron chi connectivity index (χ2n) is 6.07. The molecule has 2 amide bonds. The van der Waals surface area contributed by atoms with Gasteiger partial charge in [0.2, 0.25) is 5.78 Å². The summed E-state index contributed by atoms with van der Waals surface area (Å²) in [6, 6.07) is 12.8. The quantitative estimate of drug-likeness (QED) is 0.565. The second kappa shape index (κ2) is 6.87. The Morgan fingerprint density at radius 3 is 2.81 bits per heavy atom. The molecular weight excluding hydrogens is 345 g/mol. The predicted octanol–water partition coefficient (Wildman–Crippen LogP) is 4.49. The number of halogens is 1. The van der Waals surface area contributed by atoms with Gasteiger partial charge in [0.15, 0.2) is 0 Å². The number of aromatic nitrogens is 3. The number of aryl methyl sites for hydroxylation is 1. The average molecular weight is 361 g/mol. The average Bonchev–Trinajstić information content (AvgIpc) is 3.07. The maximum atomic E-state index is 13.3. The highest BCUT2D eigenvalue weighted by molar-refractivity contribution is 6.00. The van der Waals surface area contributed by atoms with Crippen LogP contribution in [-0.2, 0) is 0 Å². The van der Waals surface area contributed by atoms with E-state index in [4.69, 9.17) is 0 Å². The fraction of sp³-hybridized carbons (Fsp3) is 0.0500. The molecule has 4 aromatic rings. The van der Waals surface area contributed by atoms with Crippen LogP contribution in [-0.4, -0.2) is 20.4 Å². The van der Waals surface area contributed by atoms with Gasteiger partial charge in [0, 0.05) is 35.5 Å². The van der Waals surface area contributed by atoms with Gasteiger partial charge >= 0.3 is 6.03 Å². The van der Waals surface area contributed by atoms with Crippen molar-refractivity contribution >= 4 is 23.2 Å². The zero-order valence-corrected chi connectivity index (χ0v) is 14.5. The zero-order valence-electron chi connectivity index (χ0n) is 14.5. The Hall–Kier alpha value is -3.74. The molecule has 2 heterocycles. The van der Waals surface area contributed by atoms with E-state index in [1.807, 2.05) is 48.0 Å². The van der Waals surface area contributed by atoms with E-state index in [9.17, 15) is 9.18 Å². The monoisotopic (exact) mass is 361 g/mol. The van der Waals surface area contributed by atoms with Crippen LogP contribution in [0.5, 0.6) is 0 Å². The molecule has 0 aliphatic heterocycles. The molecule has 7 heteroatoms. The first-order valence-corrected chi connectivity index (χ1v) is 8.33. The van der Waals surface area contributed by atoms with Crippen LogP contribution in [0, 0.1) is 12.7 Å². The maximum absolute atomic E-state index is 13.3. The first-order valence-electron chi connectivity index (χ1n) is 8.33. The number of nitrogens with zero attached hydrogens (tertiary/aromatic N) is 3. The fourth-order valence-corrected chi connectivity index (χ4v) is 2.74. The predicted molar refractivity (Wildman–Crippen MR) is 102 cm³/mol. The molecule has 27 heavy (non-hydrogen) atoms. The van der Waals surface area contributed by atoms with Gasteiger partial charge in [-0.15, -0.1) is 0 Å². The number of amides is 2. The number of hydrogen-bond donors (Lipinski definition) is 2. The third-order valence-electron chi connectivity index (χ3n) is 4.10. The molecule has 4 rings (SSSR count). The van der Waals surface area contributed by atoms with Crippen LogP contribution < -0.4 is 10.6 Å². The van der Waals surface area contributed by atoms with Crippen molar-refractivity contribution in [2.45, 2.75) is 6.92 Å². The summed E-state index contributed by atoms with van der Waals surface area (Å²) >= 11 is 0. The standard InChI is InChI=1S/C20H16FN5O/c1-13-6-7-14(18-12-26-9-3-8-22-19(26)24-18)10-17(13)25-20(27)23-16-5-2-4-15(21)11-16/h2-12H,1H3,(H2,23,25,27). The van der Waals surface area contributed by atoms with E-state index in [-0.39, 0.29) is 0 Å². The summed E-state index contributed by atoms with van der Waals surface area (Å²) in [5.41, 5.74) is 3.53. The van der Waals surface area contributed by atoms with Crippen molar-refractivity contribution < 1.29 is 9.18 Å². The van der Waals surface area contributed by atoms with Crippen LogP contribution in [0.1, 0.15) is 5.56 Å². The van der Waals surface area contributed by atoms with Gasteiger partial charge in [-0.3, -0.25) is 4.40 Å². The smallest absolute Gasteiger partial charge is 0.308 e. The van der Waals surface area contributed by atoms with Crippen molar-refractivity contribution in [3.8, 4) is 11.3 Å². The van der Waals surface area contributed by atoms with Crippen molar-refractivity contribution in [1.82, 2.24) is 14.4 Å². The van der Waals surface area contributed by atoms with Crippen LogP contribution in [0.4, 0.5) is 20.6 Å². The van der Waals surface area contributed by atoms with Crippen molar-refractivity contribution in [2.24, 2.45) is 0 Å². The van der Waals surface area contributed by atoms with E-state index in [0.717, 1.165) is 16.8 Å². The third kappa shape index (κ3) is 3.62. The summed E-state index contributed by atoms with van der Waals surface area (Å²) in [7, 11) is 0. The molecular formula is C20H16FN5O. The minimum atomic E-state index is -0.447. The van der Waals surface area contributed by atoms with Gasteiger partial charge in [0.25, 0.3) is 0 Å². The Labute approximate surface area is 154 Å². The Morgan fingerprint density at radius 1 is 1.11 bits per heavy atom. The molecule has 0 atom stereocenters. The first kappa shape index (κ1) is 16.7. The van der Waals surface area contributed by atoms with Crippen LogP contribution in [0.15, 0.2) is 67.1 Å². The van der Waals surface area contributed by atoms with Crippen LogP contribution in [0.2, 0.25) is 0 Å².